The average Bonchev–Trinajstić information content (AvgIpc) is 2.61. The molecular formula is C22H28F2N2O. The lowest BCUT2D eigenvalue weighted by Gasteiger charge is -2.21. The second-order valence-electron chi connectivity index (χ2n) is 7.45. The van der Waals surface area contributed by atoms with Gasteiger partial charge in [0.15, 0.2) is 11.6 Å². The fraction of sp³-hybridized carbons (Fsp3) is 0.409. The van der Waals surface area contributed by atoms with Crippen LogP contribution in [0.1, 0.15) is 69.2 Å². The van der Waals surface area contributed by atoms with Gasteiger partial charge in [-0.05, 0) is 47.6 Å². The van der Waals surface area contributed by atoms with Gasteiger partial charge in [0, 0.05) is 11.7 Å². The van der Waals surface area contributed by atoms with Crippen LogP contribution in [0.25, 0.3) is 0 Å². The largest absolute Gasteiger partial charge is 0.324 e. The Balaban J connectivity index is 2.08. The lowest BCUT2D eigenvalue weighted by Crippen LogP contribution is -2.31. The maximum absolute atomic E-state index is 13.4. The van der Waals surface area contributed by atoms with Crippen LogP contribution in [-0.2, 0) is 4.79 Å². The number of hydrogen-bond acceptors (Lipinski definition) is 2. The first kappa shape index (κ1) is 21.0. The van der Waals surface area contributed by atoms with Crippen LogP contribution in [-0.4, -0.2) is 12.5 Å². The Hall–Kier alpha value is -2.27. The molecule has 1 amide bonds. The van der Waals surface area contributed by atoms with Gasteiger partial charge in [-0.3, -0.25) is 4.79 Å². The monoisotopic (exact) mass is 374 g/mol. The molecule has 0 heterocycles. The minimum absolute atomic E-state index is 0.0735. The van der Waals surface area contributed by atoms with Gasteiger partial charge < -0.3 is 10.6 Å². The van der Waals surface area contributed by atoms with Crippen molar-refractivity contribution in [3.05, 3.63) is 64.7 Å². The maximum atomic E-state index is 13.4. The van der Waals surface area contributed by atoms with Crippen molar-refractivity contribution in [3.8, 4) is 0 Å². The third-order valence-corrected chi connectivity index (χ3v) is 4.65. The number of benzene rings is 2. The van der Waals surface area contributed by atoms with E-state index in [1.165, 1.54) is 6.07 Å². The maximum Gasteiger partial charge on any atom is 0.238 e. The molecule has 0 saturated heterocycles. The van der Waals surface area contributed by atoms with E-state index >= 15 is 0 Å². The molecule has 3 nitrogen and oxygen atoms in total. The van der Waals surface area contributed by atoms with Crippen molar-refractivity contribution in [3.63, 3.8) is 0 Å². The van der Waals surface area contributed by atoms with E-state index in [9.17, 15) is 13.6 Å². The molecule has 0 fully saturated rings. The third kappa shape index (κ3) is 5.36. The highest BCUT2D eigenvalue weighted by molar-refractivity contribution is 5.94. The number of para-hydroxylation sites is 1. The normalized spacial score (nSPS) is 12.5. The zero-order valence-electron chi connectivity index (χ0n) is 16.6. The molecule has 0 saturated carbocycles. The van der Waals surface area contributed by atoms with E-state index in [0.29, 0.717) is 5.56 Å². The molecule has 0 aliphatic heterocycles. The summed E-state index contributed by atoms with van der Waals surface area (Å²) >= 11 is 0. The van der Waals surface area contributed by atoms with E-state index < -0.39 is 11.6 Å². The predicted molar refractivity (Wildman–Crippen MR) is 106 cm³/mol. The minimum atomic E-state index is -0.891. The minimum Gasteiger partial charge on any atom is -0.324 e. The first-order valence-corrected chi connectivity index (χ1v) is 9.31. The van der Waals surface area contributed by atoms with Crippen LogP contribution in [0.2, 0.25) is 0 Å². The van der Waals surface area contributed by atoms with Crippen LogP contribution in [0, 0.1) is 11.6 Å². The number of amides is 1. The Morgan fingerprint density at radius 3 is 2.04 bits per heavy atom. The molecule has 2 aromatic rings. The number of nitrogens with one attached hydrogen (secondary N) is 2. The first-order valence-electron chi connectivity index (χ1n) is 9.31. The van der Waals surface area contributed by atoms with Crippen molar-refractivity contribution in [2.24, 2.45) is 0 Å². The molecule has 2 N–H and O–H groups in total. The topological polar surface area (TPSA) is 41.1 Å². The van der Waals surface area contributed by atoms with Gasteiger partial charge in [-0.1, -0.05) is 52.0 Å². The smallest absolute Gasteiger partial charge is 0.238 e. The van der Waals surface area contributed by atoms with Crippen LogP contribution in [0.15, 0.2) is 36.4 Å². The molecule has 0 spiro atoms. The molecule has 2 aromatic carbocycles. The van der Waals surface area contributed by atoms with Crippen LogP contribution < -0.4 is 10.6 Å². The standard InChI is InChI=1S/C22H28F2N2O/c1-13(2)17-7-6-8-18(14(3)4)22(17)26-21(27)12-25-15(5)16-9-10-19(23)20(24)11-16/h6-11,13-15,25H,12H2,1-5H3,(H,26,27)/t15-/m1/s1. The summed E-state index contributed by atoms with van der Waals surface area (Å²) in [7, 11) is 0. The van der Waals surface area contributed by atoms with Crippen molar-refractivity contribution in [2.45, 2.75) is 52.5 Å². The Labute approximate surface area is 160 Å². The van der Waals surface area contributed by atoms with Crippen molar-refractivity contribution < 1.29 is 13.6 Å². The van der Waals surface area contributed by atoms with E-state index in [4.69, 9.17) is 0 Å². The van der Waals surface area contributed by atoms with Crippen molar-refractivity contribution in [1.82, 2.24) is 5.32 Å². The van der Waals surface area contributed by atoms with E-state index in [1.807, 2.05) is 25.1 Å². The molecule has 2 rings (SSSR count). The average molecular weight is 374 g/mol. The molecule has 0 aromatic heterocycles. The van der Waals surface area contributed by atoms with Gasteiger partial charge in [0.25, 0.3) is 0 Å². The van der Waals surface area contributed by atoms with Gasteiger partial charge in [0.1, 0.15) is 0 Å². The van der Waals surface area contributed by atoms with Crippen LogP contribution in [0.3, 0.4) is 0 Å². The zero-order valence-corrected chi connectivity index (χ0v) is 16.6. The first-order chi connectivity index (χ1) is 12.7. The molecule has 0 aliphatic rings. The summed E-state index contributed by atoms with van der Waals surface area (Å²) in [5.41, 5.74) is 3.66. The van der Waals surface area contributed by atoms with E-state index in [2.05, 4.69) is 38.3 Å². The van der Waals surface area contributed by atoms with Crippen molar-refractivity contribution in [1.29, 1.82) is 0 Å². The number of anilines is 1. The Morgan fingerprint density at radius 2 is 1.52 bits per heavy atom. The fourth-order valence-electron chi connectivity index (χ4n) is 3.02. The summed E-state index contributed by atoms with van der Waals surface area (Å²) in [5.74, 6) is -1.37. The highest BCUT2D eigenvalue weighted by Gasteiger charge is 2.16. The Kier molecular flexibility index (Phi) is 7.08. The quantitative estimate of drug-likeness (QED) is 0.672. The predicted octanol–water partition coefficient (Wildman–Crippen LogP) is 5.50. The molecule has 0 bridgehead atoms. The number of carbonyl (C=O) groups is 1. The summed E-state index contributed by atoms with van der Waals surface area (Å²) in [6.45, 7) is 10.3. The zero-order chi connectivity index (χ0) is 20.1. The van der Waals surface area contributed by atoms with E-state index in [0.717, 1.165) is 28.9 Å². The second kappa shape index (κ2) is 9.09. The molecule has 146 valence electrons. The highest BCUT2D eigenvalue weighted by atomic mass is 19.2. The molecule has 1 atom stereocenters. The van der Waals surface area contributed by atoms with Crippen LogP contribution >= 0.6 is 0 Å². The SMILES string of the molecule is CC(C)c1cccc(C(C)C)c1NC(=O)CN[C@H](C)c1ccc(F)c(F)c1. The van der Waals surface area contributed by atoms with Gasteiger partial charge in [-0.2, -0.15) is 0 Å². The van der Waals surface area contributed by atoms with Crippen molar-refractivity contribution in [2.75, 3.05) is 11.9 Å². The van der Waals surface area contributed by atoms with Crippen LogP contribution in [0.5, 0.6) is 0 Å². The van der Waals surface area contributed by atoms with E-state index in [1.54, 1.807) is 0 Å². The van der Waals surface area contributed by atoms with Gasteiger partial charge in [-0.25, -0.2) is 8.78 Å². The van der Waals surface area contributed by atoms with Gasteiger partial charge >= 0.3 is 0 Å². The second-order valence-corrected chi connectivity index (χ2v) is 7.45. The number of carbonyl (C=O) groups excluding carboxylic acids is 1. The molecule has 5 heteroatoms. The summed E-state index contributed by atoms with van der Waals surface area (Å²) < 4.78 is 26.4. The summed E-state index contributed by atoms with van der Waals surface area (Å²) in [6, 6.07) is 9.55. The van der Waals surface area contributed by atoms with E-state index in [-0.39, 0.29) is 30.3 Å². The molecule has 0 radical (unpaired) electrons. The number of hydrogen-bond donors (Lipinski definition) is 2. The number of rotatable bonds is 7. The summed E-state index contributed by atoms with van der Waals surface area (Å²) in [5, 5.41) is 6.10. The number of halogens is 2. The Bertz CT molecular complexity index is 777. The molecule has 27 heavy (non-hydrogen) atoms. The summed E-state index contributed by atoms with van der Waals surface area (Å²) in [4.78, 5) is 12.5. The highest BCUT2D eigenvalue weighted by Crippen LogP contribution is 2.32. The third-order valence-electron chi connectivity index (χ3n) is 4.65. The molecule has 0 aliphatic carbocycles. The van der Waals surface area contributed by atoms with Crippen LogP contribution in [0.4, 0.5) is 14.5 Å². The van der Waals surface area contributed by atoms with Gasteiger partial charge in [0.2, 0.25) is 5.91 Å². The van der Waals surface area contributed by atoms with Crippen molar-refractivity contribution >= 4 is 11.6 Å². The summed E-state index contributed by atoms with van der Waals surface area (Å²) in [6.07, 6.45) is 0. The lowest BCUT2D eigenvalue weighted by atomic mass is 9.92. The Morgan fingerprint density at radius 1 is 0.926 bits per heavy atom. The fourth-order valence-corrected chi connectivity index (χ4v) is 3.02. The van der Waals surface area contributed by atoms with Gasteiger partial charge in [0.05, 0.1) is 6.54 Å². The molecule has 0 unspecified atom stereocenters. The lowest BCUT2D eigenvalue weighted by molar-refractivity contribution is -0.115. The molecular weight excluding hydrogens is 346 g/mol. The van der Waals surface area contributed by atoms with Gasteiger partial charge in [-0.15, -0.1) is 0 Å².